The number of carbonyl (C=O) groups excluding carboxylic acids is 1. The molecule has 0 radical (unpaired) electrons. The molecule has 2 rings (SSSR count). The summed E-state index contributed by atoms with van der Waals surface area (Å²) in [4.78, 5) is 11.5. The van der Waals surface area contributed by atoms with E-state index in [1.165, 1.54) is 0 Å². The summed E-state index contributed by atoms with van der Waals surface area (Å²) in [7, 11) is -4.65. The van der Waals surface area contributed by atoms with Crippen molar-refractivity contribution < 1.29 is 22.9 Å². The van der Waals surface area contributed by atoms with Gasteiger partial charge in [0.25, 0.3) is 0 Å². The Bertz CT molecular complexity index is 720. The van der Waals surface area contributed by atoms with Crippen LogP contribution >= 0.6 is 0 Å². The first-order chi connectivity index (χ1) is 8.89. The van der Waals surface area contributed by atoms with Crippen LogP contribution in [0.2, 0.25) is 0 Å². The van der Waals surface area contributed by atoms with E-state index in [4.69, 9.17) is 0 Å². The van der Waals surface area contributed by atoms with Gasteiger partial charge in [0.2, 0.25) is 0 Å². The molecule has 0 atom stereocenters. The van der Waals surface area contributed by atoms with E-state index in [0.29, 0.717) is 5.56 Å². The summed E-state index contributed by atoms with van der Waals surface area (Å²) < 4.78 is 32.4. The van der Waals surface area contributed by atoms with Crippen LogP contribution in [0.25, 0.3) is 0 Å². The Hall–Kier alpha value is -2.18. The van der Waals surface area contributed by atoms with E-state index in [1.54, 1.807) is 30.3 Å². The zero-order valence-corrected chi connectivity index (χ0v) is 10.4. The first-order valence-electron chi connectivity index (χ1n) is 5.28. The highest BCUT2D eigenvalue weighted by atomic mass is 32.2. The summed E-state index contributed by atoms with van der Waals surface area (Å²) in [6, 6.07) is 11.1. The maximum Gasteiger partial charge on any atom is 0.196 e. The Morgan fingerprint density at radius 2 is 1.68 bits per heavy atom. The van der Waals surface area contributed by atoms with Gasteiger partial charge in [-0.25, -0.2) is 8.42 Å². The Kier molecular flexibility index (Phi) is 3.37. The van der Waals surface area contributed by atoms with E-state index >= 15 is 0 Å². The van der Waals surface area contributed by atoms with Gasteiger partial charge in [-0.15, -0.1) is 0 Å². The SMILES string of the molecule is O=C(c1ccccc1)c1ccc(S(=O)(=O)[O-])cc1O. The van der Waals surface area contributed by atoms with Crippen LogP contribution in [0.4, 0.5) is 0 Å². The van der Waals surface area contributed by atoms with Crippen LogP contribution in [0.5, 0.6) is 5.75 Å². The summed E-state index contributed by atoms with van der Waals surface area (Å²) in [5.41, 5.74) is 0.300. The fourth-order valence-electron chi connectivity index (χ4n) is 1.60. The average Bonchev–Trinajstić information content (AvgIpc) is 2.38. The van der Waals surface area contributed by atoms with Crippen LogP contribution in [0.1, 0.15) is 15.9 Å². The van der Waals surface area contributed by atoms with Crippen molar-refractivity contribution in [3.63, 3.8) is 0 Å². The lowest BCUT2D eigenvalue weighted by Gasteiger charge is -2.09. The molecular formula is C13H9O5S-. The minimum atomic E-state index is -4.65. The van der Waals surface area contributed by atoms with Crippen molar-refractivity contribution in [2.75, 3.05) is 0 Å². The molecule has 0 bridgehead atoms. The van der Waals surface area contributed by atoms with Gasteiger partial charge in [-0.2, -0.15) is 0 Å². The van der Waals surface area contributed by atoms with E-state index in [0.717, 1.165) is 18.2 Å². The first-order valence-corrected chi connectivity index (χ1v) is 6.69. The van der Waals surface area contributed by atoms with Crippen LogP contribution in [0.3, 0.4) is 0 Å². The number of carbonyl (C=O) groups is 1. The van der Waals surface area contributed by atoms with Crippen molar-refractivity contribution in [1.82, 2.24) is 0 Å². The van der Waals surface area contributed by atoms with Gasteiger partial charge in [0, 0.05) is 5.56 Å². The molecule has 0 saturated heterocycles. The van der Waals surface area contributed by atoms with Gasteiger partial charge in [-0.1, -0.05) is 30.3 Å². The van der Waals surface area contributed by atoms with Gasteiger partial charge >= 0.3 is 0 Å². The molecule has 0 aliphatic carbocycles. The van der Waals surface area contributed by atoms with Crippen molar-refractivity contribution in [3.8, 4) is 5.75 Å². The molecule has 0 aliphatic rings. The normalized spacial score (nSPS) is 11.2. The summed E-state index contributed by atoms with van der Waals surface area (Å²) in [5.74, 6) is -0.987. The van der Waals surface area contributed by atoms with Gasteiger partial charge in [0.05, 0.1) is 10.5 Å². The summed E-state index contributed by atoms with van der Waals surface area (Å²) in [6.07, 6.45) is 0. The van der Waals surface area contributed by atoms with Crippen LogP contribution in [0, 0.1) is 0 Å². The molecule has 2 aromatic carbocycles. The second-order valence-corrected chi connectivity index (χ2v) is 5.21. The van der Waals surface area contributed by atoms with E-state index in [2.05, 4.69) is 0 Å². The number of phenols is 1. The number of benzene rings is 2. The fourth-order valence-corrected chi connectivity index (χ4v) is 2.09. The highest BCUT2D eigenvalue weighted by molar-refractivity contribution is 7.85. The maximum atomic E-state index is 12.0. The molecular weight excluding hydrogens is 268 g/mol. The molecule has 0 spiro atoms. The van der Waals surface area contributed by atoms with Gasteiger partial charge < -0.3 is 9.66 Å². The second-order valence-electron chi connectivity index (χ2n) is 3.83. The monoisotopic (exact) mass is 277 g/mol. The fraction of sp³-hybridized carbons (Fsp3) is 0. The molecule has 2 aromatic rings. The van der Waals surface area contributed by atoms with Crippen molar-refractivity contribution in [3.05, 3.63) is 59.7 Å². The molecule has 6 heteroatoms. The van der Waals surface area contributed by atoms with Crippen LogP contribution < -0.4 is 0 Å². The zero-order chi connectivity index (χ0) is 14.0. The standard InChI is InChI=1S/C13H10O5S/c14-12-8-10(19(16,17)18)6-7-11(12)13(15)9-4-2-1-3-5-9/h1-8,14H,(H,16,17,18)/p-1. The highest BCUT2D eigenvalue weighted by Crippen LogP contribution is 2.24. The predicted molar refractivity (Wildman–Crippen MR) is 65.9 cm³/mol. The van der Waals surface area contributed by atoms with Crippen molar-refractivity contribution in [1.29, 1.82) is 0 Å². The lowest BCUT2D eigenvalue weighted by molar-refractivity contribution is 0.103. The molecule has 0 amide bonds. The summed E-state index contributed by atoms with van der Waals surface area (Å²) in [5, 5.41) is 9.66. The number of aromatic hydroxyl groups is 1. The minimum Gasteiger partial charge on any atom is -0.744 e. The molecule has 0 unspecified atom stereocenters. The molecule has 5 nitrogen and oxygen atoms in total. The average molecular weight is 277 g/mol. The molecule has 1 N–H and O–H groups in total. The Morgan fingerprint density at radius 3 is 2.21 bits per heavy atom. The van der Waals surface area contributed by atoms with E-state index in [-0.39, 0.29) is 5.56 Å². The lowest BCUT2D eigenvalue weighted by atomic mass is 10.0. The quantitative estimate of drug-likeness (QED) is 0.678. The van der Waals surface area contributed by atoms with E-state index < -0.39 is 26.5 Å². The number of phenolic OH excluding ortho intramolecular Hbond substituents is 1. The lowest BCUT2D eigenvalue weighted by Crippen LogP contribution is -2.04. The van der Waals surface area contributed by atoms with Gasteiger partial charge in [0.15, 0.2) is 5.78 Å². The number of ketones is 1. The number of hydrogen-bond donors (Lipinski definition) is 1. The molecule has 0 saturated carbocycles. The molecule has 19 heavy (non-hydrogen) atoms. The second kappa shape index (κ2) is 4.83. The minimum absolute atomic E-state index is 0.0569. The van der Waals surface area contributed by atoms with E-state index in [9.17, 15) is 22.9 Å². The third-order valence-corrected chi connectivity index (χ3v) is 3.37. The van der Waals surface area contributed by atoms with Crippen LogP contribution in [-0.4, -0.2) is 23.9 Å². The smallest absolute Gasteiger partial charge is 0.196 e. The number of hydrogen-bond acceptors (Lipinski definition) is 5. The van der Waals surface area contributed by atoms with Crippen LogP contribution in [-0.2, 0) is 10.1 Å². The zero-order valence-electron chi connectivity index (χ0n) is 9.61. The van der Waals surface area contributed by atoms with Crippen molar-refractivity contribution >= 4 is 15.9 Å². The Labute approximate surface area is 109 Å². The van der Waals surface area contributed by atoms with E-state index in [1.807, 2.05) is 0 Å². The highest BCUT2D eigenvalue weighted by Gasteiger charge is 2.14. The molecule has 0 heterocycles. The summed E-state index contributed by atoms with van der Waals surface area (Å²) in [6.45, 7) is 0. The van der Waals surface area contributed by atoms with Gasteiger partial charge in [-0.05, 0) is 18.2 Å². The first kappa shape index (κ1) is 13.3. The molecule has 98 valence electrons. The third-order valence-electron chi connectivity index (χ3n) is 2.54. The topological polar surface area (TPSA) is 94.5 Å². The maximum absolute atomic E-state index is 12.0. The van der Waals surface area contributed by atoms with Gasteiger partial charge in [-0.3, -0.25) is 4.79 Å². The third kappa shape index (κ3) is 2.81. The Balaban J connectivity index is 2.46. The van der Waals surface area contributed by atoms with Crippen LogP contribution in [0.15, 0.2) is 53.4 Å². The molecule has 0 fully saturated rings. The number of rotatable bonds is 3. The summed E-state index contributed by atoms with van der Waals surface area (Å²) >= 11 is 0. The Morgan fingerprint density at radius 1 is 1.05 bits per heavy atom. The van der Waals surface area contributed by atoms with Gasteiger partial charge in [0.1, 0.15) is 15.9 Å². The largest absolute Gasteiger partial charge is 0.744 e. The predicted octanol–water partition coefficient (Wildman–Crippen LogP) is 1.53. The van der Waals surface area contributed by atoms with Crippen molar-refractivity contribution in [2.45, 2.75) is 4.90 Å². The molecule has 0 aromatic heterocycles. The van der Waals surface area contributed by atoms with Crippen molar-refractivity contribution in [2.24, 2.45) is 0 Å². The molecule has 0 aliphatic heterocycles.